The van der Waals surface area contributed by atoms with Crippen LogP contribution in [0.4, 0.5) is 5.69 Å². The van der Waals surface area contributed by atoms with Crippen molar-refractivity contribution in [1.82, 2.24) is 4.90 Å². The zero-order chi connectivity index (χ0) is 14.4. The summed E-state index contributed by atoms with van der Waals surface area (Å²) in [5.41, 5.74) is -0.350. The summed E-state index contributed by atoms with van der Waals surface area (Å²) < 4.78 is 0. The molecule has 0 atom stereocenters. The van der Waals surface area contributed by atoms with Crippen LogP contribution < -0.4 is 0 Å². The molecule has 7 nitrogen and oxygen atoms in total. The first-order valence-corrected chi connectivity index (χ1v) is 5.52. The minimum Gasteiger partial charge on any atom is -0.477 e. The van der Waals surface area contributed by atoms with Gasteiger partial charge in [-0.3, -0.25) is 10.1 Å². The van der Waals surface area contributed by atoms with E-state index >= 15 is 0 Å². The highest BCUT2D eigenvalue weighted by Gasteiger charge is 2.23. The summed E-state index contributed by atoms with van der Waals surface area (Å²) in [7, 11) is 1.72. The summed E-state index contributed by atoms with van der Waals surface area (Å²) in [4.78, 5) is 23.0. The number of carbonyl (C=O) groups is 1. The van der Waals surface area contributed by atoms with Crippen molar-refractivity contribution in [3.63, 3.8) is 0 Å². The zero-order valence-corrected chi connectivity index (χ0v) is 10.4. The van der Waals surface area contributed by atoms with E-state index in [1.54, 1.807) is 18.0 Å². The van der Waals surface area contributed by atoms with Crippen LogP contribution >= 0.6 is 0 Å². The Labute approximate surface area is 109 Å². The van der Waals surface area contributed by atoms with Crippen LogP contribution in [0.25, 0.3) is 0 Å². The largest absolute Gasteiger partial charge is 0.477 e. The maximum Gasteiger partial charge on any atom is 0.343 e. The molecule has 0 aliphatic carbocycles. The zero-order valence-electron chi connectivity index (χ0n) is 10.4. The second-order valence-corrected chi connectivity index (χ2v) is 4.02. The standard InChI is InChI=1S/C12H13N3O4/c1-14(7-3-6-13)8-9-4-2-5-10(15(18)19)11(9)12(16)17/h2,4-5H,3,7-8H2,1H3,(H,16,17). The number of nitriles is 1. The van der Waals surface area contributed by atoms with Gasteiger partial charge in [0.05, 0.1) is 11.0 Å². The van der Waals surface area contributed by atoms with Crippen LogP contribution in [0.15, 0.2) is 18.2 Å². The molecule has 1 rings (SSSR count). The molecule has 0 unspecified atom stereocenters. The van der Waals surface area contributed by atoms with Gasteiger partial charge in [0.15, 0.2) is 0 Å². The van der Waals surface area contributed by atoms with Gasteiger partial charge in [-0.1, -0.05) is 12.1 Å². The fourth-order valence-corrected chi connectivity index (χ4v) is 1.73. The van der Waals surface area contributed by atoms with Crippen LogP contribution in [0, 0.1) is 21.4 Å². The predicted molar refractivity (Wildman–Crippen MR) is 66.6 cm³/mol. The molecule has 0 amide bonds. The minimum absolute atomic E-state index is 0.241. The van der Waals surface area contributed by atoms with Crippen LogP contribution in [0.2, 0.25) is 0 Å². The number of nitrogens with zero attached hydrogens (tertiary/aromatic N) is 3. The number of nitro benzene ring substituents is 1. The van der Waals surface area contributed by atoms with E-state index in [0.717, 1.165) is 0 Å². The minimum atomic E-state index is -1.32. The molecule has 1 aromatic carbocycles. The predicted octanol–water partition coefficient (Wildman–Crippen LogP) is 1.64. The third-order valence-electron chi connectivity index (χ3n) is 2.58. The third-order valence-corrected chi connectivity index (χ3v) is 2.58. The highest BCUT2D eigenvalue weighted by Crippen LogP contribution is 2.23. The Morgan fingerprint density at radius 3 is 2.79 bits per heavy atom. The van der Waals surface area contributed by atoms with Gasteiger partial charge >= 0.3 is 5.97 Å². The Morgan fingerprint density at radius 2 is 2.26 bits per heavy atom. The smallest absolute Gasteiger partial charge is 0.343 e. The quantitative estimate of drug-likeness (QED) is 0.617. The lowest BCUT2D eigenvalue weighted by molar-refractivity contribution is -0.385. The molecule has 7 heteroatoms. The summed E-state index contributed by atoms with van der Waals surface area (Å²) >= 11 is 0. The molecule has 0 bridgehead atoms. The van der Waals surface area contributed by atoms with E-state index in [0.29, 0.717) is 18.5 Å². The second-order valence-electron chi connectivity index (χ2n) is 4.02. The van der Waals surface area contributed by atoms with Crippen molar-refractivity contribution in [2.75, 3.05) is 13.6 Å². The molecule has 0 heterocycles. The van der Waals surface area contributed by atoms with Gasteiger partial charge in [-0.05, 0) is 12.6 Å². The fraction of sp³-hybridized carbons (Fsp3) is 0.333. The summed E-state index contributed by atoms with van der Waals surface area (Å²) in [6, 6.07) is 6.15. The van der Waals surface area contributed by atoms with Gasteiger partial charge in [-0.2, -0.15) is 5.26 Å². The summed E-state index contributed by atoms with van der Waals surface area (Å²) in [6.45, 7) is 0.712. The normalized spacial score (nSPS) is 10.2. The summed E-state index contributed by atoms with van der Waals surface area (Å²) in [6.07, 6.45) is 0.313. The average molecular weight is 263 g/mol. The highest BCUT2D eigenvalue weighted by atomic mass is 16.6. The Morgan fingerprint density at radius 1 is 1.58 bits per heavy atom. The van der Waals surface area contributed by atoms with E-state index in [9.17, 15) is 14.9 Å². The van der Waals surface area contributed by atoms with Crippen LogP contribution in [-0.4, -0.2) is 34.5 Å². The molecule has 0 fully saturated rings. The molecular weight excluding hydrogens is 250 g/mol. The van der Waals surface area contributed by atoms with Gasteiger partial charge in [0, 0.05) is 25.6 Å². The van der Waals surface area contributed by atoms with Crippen molar-refractivity contribution in [3.8, 4) is 6.07 Å². The molecule has 0 radical (unpaired) electrons. The molecule has 1 N–H and O–H groups in total. The van der Waals surface area contributed by atoms with Crippen LogP contribution in [-0.2, 0) is 6.54 Å². The van der Waals surface area contributed by atoms with Gasteiger partial charge in [-0.15, -0.1) is 0 Å². The lowest BCUT2D eigenvalue weighted by Crippen LogP contribution is -2.21. The molecular formula is C12H13N3O4. The molecule has 0 spiro atoms. The van der Waals surface area contributed by atoms with E-state index in [1.807, 2.05) is 6.07 Å². The molecule has 1 aromatic rings. The number of hydrogen-bond acceptors (Lipinski definition) is 5. The molecule has 0 aliphatic rings. The monoisotopic (exact) mass is 263 g/mol. The van der Waals surface area contributed by atoms with Gasteiger partial charge in [0.25, 0.3) is 5.69 Å². The van der Waals surface area contributed by atoms with E-state index in [2.05, 4.69) is 0 Å². The molecule has 100 valence electrons. The average Bonchev–Trinajstić information content (AvgIpc) is 2.35. The number of carboxylic acid groups (broad SMARTS) is 1. The maximum absolute atomic E-state index is 11.2. The number of carboxylic acids is 1. The van der Waals surface area contributed by atoms with E-state index in [4.69, 9.17) is 10.4 Å². The van der Waals surface area contributed by atoms with E-state index in [-0.39, 0.29) is 12.1 Å². The molecule has 0 saturated carbocycles. The summed E-state index contributed by atoms with van der Waals surface area (Å²) in [5, 5.41) is 28.4. The molecule has 0 aromatic heterocycles. The Kier molecular flexibility index (Phi) is 4.97. The SMILES string of the molecule is CN(CCC#N)Cc1cccc([N+](=O)[O-])c1C(=O)O. The Bertz CT molecular complexity index is 536. The maximum atomic E-state index is 11.2. The van der Waals surface area contributed by atoms with Crippen LogP contribution in [0.5, 0.6) is 0 Å². The lowest BCUT2D eigenvalue weighted by Gasteiger charge is -2.16. The van der Waals surface area contributed by atoms with Crippen molar-refractivity contribution in [3.05, 3.63) is 39.4 Å². The number of rotatable bonds is 6. The first kappa shape index (κ1) is 14.6. The first-order valence-electron chi connectivity index (χ1n) is 5.52. The Balaban J connectivity index is 3.07. The molecule has 19 heavy (non-hydrogen) atoms. The van der Waals surface area contributed by atoms with Crippen molar-refractivity contribution >= 4 is 11.7 Å². The van der Waals surface area contributed by atoms with Crippen molar-refractivity contribution in [2.24, 2.45) is 0 Å². The van der Waals surface area contributed by atoms with Gasteiger partial charge < -0.3 is 10.0 Å². The number of benzene rings is 1. The summed E-state index contributed by atoms with van der Waals surface area (Å²) in [5.74, 6) is -1.32. The lowest BCUT2D eigenvalue weighted by atomic mass is 10.0. The van der Waals surface area contributed by atoms with Crippen molar-refractivity contribution in [1.29, 1.82) is 5.26 Å². The molecule has 0 saturated heterocycles. The second kappa shape index (κ2) is 6.47. The number of aromatic carboxylic acids is 1. The van der Waals surface area contributed by atoms with Gasteiger partial charge in [0.2, 0.25) is 0 Å². The van der Waals surface area contributed by atoms with E-state index < -0.39 is 16.6 Å². The number of hydrogen-bond donors (Lipinski definition) is 1. The Hall–Kier alpha value is -2.46. The fourth-order valence-electron chi connectivity index (χ4n) is 1.73. The van der Waals surface area contributed by atoms with Crippen molar-refractivity contribution < 1.29 is 14.8 Å². The third kappa shape index (κ3) is 3.76. The van der Waals surface area contributed by atoms with Gasteiger partial charge in [0.1, 0.15) is 5.56 Å². The topological polar surface area (TPSA) is 107 Å². The van der Waals surface area contributed by atoms with E-state index in [1.165, 1.54) is 12.1 Å². The first-order chi connectivity index (χ1) is 8.97. The van der Waals surface area contributed by atoms with Crippen molar-refractivity contribution in [2.45, 2.75) is 13.0 Å². The highest BCUT2D eigenvalue weighted by molar-refractivity contribution is 5.94. The molecule has 0 aliphatic heterocycles. The van der Waals surface area contributed by atoms with Crippen LogP contribution in [0.3, 0.4) is 0 Å². The van der Waals surface area contributed by atoms with Gasteiger partial charge in [-0.25, -0.2) is 4.79 Å². The number of nitro groups is 1. The van der Waals surface area contributed by atoms with Crippen LogP contribution in [0.1, 0.15) is 22.3 Å².